The maximum Gasteiger partial charge on any atom is 0.575 e. The zero-order chi connectivity index (χ0) is 18.9. The van der Waals surface area contributed by atoms with Crippen LogP contribution in [0.3, 0.4) is 0 Å². The number of carbonyl (C=O) groups excluding carboxylic acids is 1. The Morgan fingerprint density at radius 3 is 2.81 bits per heavy atom. The fraction of sp³-hybridized carbons (Fsp3) is 0.375. The third-order valence-corrected chi connectivity index (χ3v) is 3.60. The quantitative estimate of drug-likeness (QED) is 0.828. The smallest absolute Gasteiger partial charge is 0.486 e. The first-order chi connectivity index (χ1) is 12.3. The second kappa shape index (κ2) is 6.87. The highest BCUT2D eigenvalue weighted by molar-refractivity contribution is 5.94. The van der Waals surface area contributed by atoms with E-state index in [9.17, 15) is 22.8 Å². The second-order valence-electron chi connectivity index (χ2n) is 5.42. The van der Waals surface area contributed by atoms with E-state index in [4.69, 9.17) is 14.2 Å². The van der Waals surface area contributed by atoms with Crippen LogP contribution in [0.5, 0.6) is 11.5 Å². The average molecular weight is 373 g/mol. The van der Waals surface area contributed by atoms with Gasteiger partial charge in [0.05, 0.1) is 17.5 Å². The van der Waals surface area contributed by atoms with Crippen LogP contribution < -0.4 is 14.9 Å². The minimum Gasteiger partial charge on any atom is -0.486 e. The molecule has 2 heterocycles. The molecule has 7 nitrogen and oxygen atoms in total. The lowest BCUT2D eigenvalue weighted by atomic mass is 10.1. The number of H-pyrrole nitrogens is 1. The van der Waals surface area contributed by atoms with Crippen LogP contribution >= 0.6 is 0 Å². The van der Waals surface area contributed by atoms with Crippen LogP contribution in [0.1, 0.15) is 17.3 Å². The van der Waals surface area contributed by atoms with Crippen molar-refractivity contribution in [2.45, 2.75) is 19.4 Å². The van der Waals surface area contributed by atoms with Crippen LogP contribution in [0.15, 0.2) is 23.1 Å². The maximum atomic E-state index is 12.3. The molecule has 2 aromatic rings. The average Bonchev–Trinajstić information content (AvgIpc) is 2.57. The van der Waals surface area contributed by atoms with E-state index in [1.165, 1.54) is 12.1 Å². The standard InChI is InChI=1S/C16H14F3NO6/c1-2-23-6-8-7-24-12-3-9-11(4-13(12)25-8)20-5-10(14(9)21)15(22)26-16(17,18)19/h3-5,8H,2,6-7H2,1H3,(H,20,21). The van der Waals surface area contributed by atoms with Gasteiger partial charge in [-0.15, -0.1) is 13.2 Å². The molecule has 1 atom stereocenters. The van der Waals surface area contributed by atoms with Crippen molar-refractivity contribution in [3.05, 3.63) is 34.1 Å². The molecule has 1 aliphatic heterocycles. The molecule has 0 saturated heterocycles. The first-order valence-corrected chi connectivity index (χ1v) is 7.65. The molecule has 1 aromatic heterocycles. The van der Waals surface area contributed by atoms with E-state index < -0.39 is 23.3 Å². The monoisotopic (exact) mass is 373 g/mol. The van der Waals surface area contributed by atoms with Gasteiger partial charge in [-0.3, -0.25) is 4.79 Å². The number of pyridine rings is 1. The van der Waals surface area contributed by atoms with Crippen molar-refractivity contribution in [1.82, 2.24) is 4.98 Å². The summed E-state index contributed by atoms with van der Waals surface area (Å²) in [7, 11) is 0. The van der Waals surface area contributed by atoms with Crippen molar-refractivity contribution in [2.24, 2.45) is 0 Å². The SMILES string of the molecule is CCOCC1COc2cc3c(=O)c(C(=O)OC(F)(F)F)c[nH]c3cc2O1. The molecule has 0 spiro atoms. The van der Waals surface area contributed by atoms with Gasteiger partial charge in [0.1, 0.15) is 12.2 Å². The molecule has 0 amide bonds. The summed E-state index contributed by atoms with van der Waals surface area (Å²) in [6.45, 7) is 2.88. The number of esters is 1. The molecule has 1 aromatic carbocycles. The fourth-order valence-electron chi connectivity index (χ4n) is 2.47. The van der Waals surface area contributed by atoms with E-state index in [0.29, 0.717) is 19.0 Å². The third-order valence-electron chi connectivity index (χ3n) is 3.60. The summed E-state index contributed by atoms with van der Waals surface area (Å²) in [5.74, 6) is -1.18. The van der Waals surface area contributed by atoms with Crippen LogP contribution in [-0.4, -0.2) is 43.2 Å². The van der Waals surface area contributed by atoms with Gasteiger partial charge in [0, 0.05) is 18.9 Å². The Kier molecular flexibility index (Phi) is 4.77. The van der Waals surface area contributed by atoms with Crippen LogP contribution in [0, 0.1) is 0 Å². The molecule has 0 fully saturated rings. The topological polar surface area (TPSA) is 86.9 Å². The summed E-state index contributed by atoms with van der Waals surface area (Å²) in [5, 5.41) is -0.0211. The van der Waals surface area contributed by atoms with Gasteiger partial charge in [-0.2, -0.15) is 0 Å². The molecule has 1 unspecified atom stereocenters. The fourth-order valence-corrected chi connectivity index (χ4v) is 2.47. The van der Waals surface area contributed by atoms with Crippen molar-refractivity contribution < 1.29 is 36.9 Å². The molecule has 1 aliphatic rings. The zero-order valence-electron chi connectivity index (χ0n) is 13.5. The summed E-state index contributed by atoms with van der Waals surface area (Å²) >= 11 is 0. The lowest BCUT2D eigenvalue weighted by Gasteiger charge is -2.26. The van der Waals surface area contributed by atoms with Gasteiger partial charge < -0.3 is 23.9 Å². The van der Waals surface area contributed by atoms with E-state index in [1.54, 1.807) is 0 Å². The van der Waals surface area contributed by atoms with Gasteiger partial charge in [0.25, 0.3) is 0 Å². The van der Waals surface area contributed by atoms with Gasteiger partial charge >= 0.3 is 12.3 Å². The highest BCUT2D eigenvalue weighted by Gasteiger charge is 2.35. The highest BCUT2D eigenvalue weighted by atomic mass is 19.4. The third kappa shape index (κ3) is 3.74. The molecule has 0 radical (unpaired) electrons. The number of rotatable bonds is 4. The van der Waals surface area contributed by atoms with E-state index in [-0.39, 0.29) is 29.4 Å². The van der Waals surface area contributed by atoms with Crippen molar-refractivity contribution in [2.75, 3.05) is 19.8 Å². The van der Waals surface area contributed by atoms with E-state index >= 15 is 0 Å². The summed E-state index contributed by atoms with van der Waals surface area (Å²) in [6, 6.07) is 2.79. The predicted octanol–water partition coefficient (Wildman–Crippen LogP) is 2.38. The van der Waals surface area contributed by atoms with E-state index in [0.717, 1.165) is 6.20 Å². The second-order valence-corrected chi connectivity index (χ2v) is 5.42. The summed E-state index contributed by atoms with van der Waals surface area (Å²) in [4.78, 5) is 26.5. The predicted molar refractivity (Wildman–Crippen MR) is 82.4 cm³/mol. The van der Waals surface area contributed by atoms with Crippen molar-refractivity contribution in [1.29, 1.82) is 0 Å². The number of hydrogen-bond donors (Lipinski definition) is 1. The Morgan fingerprint density at radius 2 is 2.12 bits per heavy atom. The molecule has 26 heavy (non-hydrogen) atoms. The number of aromatic nitrogens is 1. The van der Waals surface area contributed by atoms with E-state index in [1.807, 2.05) is 6.92 Å². The number of halogens is 3. The summed E-state index contributed by atoms with van der Waals surface area (Å²) in [6.07, 6.45) is -4.64. The minimum absolute atomic E-state index is 0.0211. The molecule has 0 bridgehead atoms. The van der Waals surface area contributed by atoms with Crippen LogP contribution in [0.2, 0.25) is 0 Å². The molecule has 3 rings (SSSR count). The van der Waals surface area contributed by atoms with Crippen LogP contribution in [0.25, 0.3) is 10.9 Å². The van der Waals surface area contributed by atoms with Crippen LogP contribution in [-0.2, 0) is 9.47 Å². The number of nitrogens with one attached hydrogen (secondary N) is 1. The molecule has 1 N–H and O–H groups in total. The maximum absolute atomic E-state index is 12.3. The normalized spacial score (nSPS) is 16.5. The Morgan fingerprint density at radius 1 is 1.35 bits per heavy atom. The lowest BCUT2D eigenvalue weighted by Crippen LogP contribution is -2.33. The van der Waals surface area contributed by atoms with Gasteiger partial charge in [0.2, 0.25) is 5.43 Å². The minimum atomic E-state index is -5.18. The van der Waals surface area contributed by atoms with E-state index in [2.05, 4.69) is 9.72 Å². The highest BCUT2D eigenvalue weighted by Crippen LogP contribution is 2.34. The van der Waals surface area contributed by atoms with Gasteiger partial charge in [-0.1, -0.05) is 0 Å². The Bertz CT molecular complexity index is 892. The van der Waals surface area contributed by atoms with Crippen molar-refractivity contribution in [3.8, 4) is 11.5 Å². The number of alkyl halides is 3. The van der Waals surface area contributed by atoms with Crippen molar-refractivity contribution >= 4 is 16.9 Å². The van der Waals surface area contributed by atoms with Gasteiger partial charge in [-0.05, 0) is 13.0 Å². The van der Waals surface area contributed by atoms with Crippen molar-refractivity contribution in [3.63, 3.8) is 0 Å². The molecule has 0 saturated carbocycles. The Hall–Kier alpha value is -2.75. The van der Waals surface area contributed by atoms with Crippen LogP contribution in [0.4, 0.5) is 13.2 Å². The first kappa shape index (κ1) is 18.1. The Labute approximate surface area is 144 Å². The number of benzene rings is 1. The largest absolute Gasteiger partial charge is 0.575 e. The number of ether oxygens (including phenoxy) is 4. The molecular weight excluding hydrogens is 359 g/mol. The lowest BCUT2D eigenvalue weighted by molar-refractivity contribution is -0.291. The molecule has 10 heteroatoms. The molecule has 0 aliphatic carbocycles. The molecular formula is C16H14F3NO6. The summed E-state index contributed by atoms with van der Waals surface area (Å²) in [5.41, 5.74) is -1.39. The van der Waals surface area contributed by atoms with Gasteiger partial charge in [-0.25, -0.2) is 4.79 Å². The first-order valence-electron chi connectivity index (χ1n) is 7.65. The number of hydrogen-bond acceptors (Lipinski definition) is 6. The molecule has 140 valence electrons. The van der Waals surface area contributed by atoms with Gasteiger partial charge in [0.15, 0.2) is 17.6 Å². The number of aromatic amines is 1. The number of fused-ring (bicyclic) bond motifs is 2. The zero-order valence-corrected chi connectivity index (χ0v) is 13.5. The number of carbonyl (C=O) groups is 1. The Balaban J connectivity index is 1.94. The summed E-state index contributed by atoms with van der Waals surface area (Å²) < 4.78 is 56.4.